The average molecular weight is 532 g/mol. The summed E-state index contributed by atoms with van der Waals surface area (Å²) in [4.78, 5) is 6.82. The monoisotopic (exact) mass is 531 g/mol. The van der Waals surface area contributed by atoms with Gasteiger partial charge in [-0.05, 0) is 31.2 Å². The van der Waals surface area contributed by atoms with Gasteiger partial charge in [0, 0.05) is 67.9 Å². The molecule has 1 unspecified atom stereocenters. The van der Waals surface area contributed by atoms with Crippen LogP contribution in [0, 0.1) is 0 Å². The molecule has 0 radical (unpaired) electrons. The third kappa shape index (κ3) is 5.50. The van der Waals surface area contributed by atoms with Crippen molar-refractivity contribution in [2.45, 2.75) is 18.7 Å². The summed E-state index contributed by atoms with van der Waals surface area (Å²) in [5.74, 6) is -0.269. The summed E-state index contributed by atoms with van der Waals surface area (Å²) in [6, 6.07) is 12.8. The SMILES string of the molecule is COc1cc(N(CCCN)c2ccc3ccc(C4=CN(C)N(C)C4)nc3c2)cc(OC)c1C(O)C(F)(F)F. The normalized spacial score (nSPS) is 15.1. The maximum Gasteiger partial charge on any atom is 0.418 e. The number of anilines is 2. The van der Waals surface area contributed by atoms with Gasteiger partial charge in [-0.25, -0.2) is 9.99 Å². The number of aromatic nitrogens is 1. The van der Waals surface area contributed by atoms with E-state index < -0.39 is 17.8 Å². The van der Waals surface area contributed by atoms with Crippen molar-refractivity contribution in [1.82, 2.24) is 15.0 Å². The summed E-state index contributed by atoms with van der Waals surface area (Å²) < 4.78 is 50.7. The van der Waals surface area contributed by atoms with Crippen LogP contribution in [-0.2, 0) is 0 Å². The number of halogens is 3. The minimum atomic E-state index is -4.89. The molecule has 3 aromatic rings. The number of ether oxygens (including phenoxy) is 2. The standard InChI is InChI=1S/C27H32F3N5O3/c1-33-15-18(16-34(33)2)21-9-7-17-6-8-19(12-22(17)32-21)35(11-5-10-31)20-13-23(37-3)25(24(14-20)38-4)26(36)27(28,29)30/h6-9,12-15,26,36H,5,10-11,16,31H2,1-4H3. The second-order valence-corrected chi connectivity index (χ2v) is 9.12. The van der Waals surface area contributed by atoms with Gasteiger partial charge < -0.3 is 30.2 Å². The number of hydrogen-bond acceptors (Lipinski definition) is 8. The number of nitrogens with zero attached hydrogens (tertiary/aromatic N) is 4. The maximum absolute atomic E-state index is 13.4. The van der Waals surface area contributed by atoms with Crippen LogP contribution in [0.1, 0.15) is 23.8 Å². The Morgan fingerprint density at radius 2 is 1.71 bits per heavy atom. The van der Waals surface area contributed by atoms with Crippen molar-refractivity contribution in [2.24, 2.45) is 5.73 Å². The van der Waals surface area contributed by atoms with E-state index in [4.69, 9.17) is 20.2 Å². The molecule has 1 aromatic heterocycles. The van der Waals surface area contributed by atoms with Crippen LogP contribution in [-0.4, -0.2) is 74.2 Å². The number of alkyl halides is 3. The predicted octanol–water partition coefficient (Wildman–Crippen LogP) is 4.47. The van der Waals surface area contributed by atoms with Gasteiger partial charge in [-0.2, -0.15) is 13.2 Å². The highest BCUT2D eigenvalue weighted by Crippen LogP contribution is 2.45. The first-order valence-corrected chi connectivity index (χ1v) is 12.1. The lowest BCUT2D eigenvalue weighted by molar-refractivity contribution is -0.207. The lowest BCUT2D eigenvalue weighted by atomic mass is 10.0. The minimum absolute atomic E-state index is 0.135. The van der Waals surface area contributed by atoms with Gasteiger partial charge in [0.1, 0.15) is 11.5 Å². The third-order valence-electron chi connectivity index (χ3n) is 6.61. The van der Waals surface area contributed by atoms with Crippen LogP contribution in [0.5, 0.6) is 11.5 Å². The molecule has 8 nitrogen and oxygen atoms in total. The van der Waals surface area contributed by atoms with Crippen LogP contribution in [0.25, 0.3) is 16.5 Å². The van der Waals surface area contributed by atoms with Crippen molar-refractivity contribution in [2.75, 3.05) is 52.8 Å². The number of fused-ring (bicyclic) bond motifs is 1. The van der Waals surface area contributed by atoms with E-state index in [0.29, 0.717) is 25.2 Å². The van der Waals surface area contributed by atoms with Gasteiger partial charge in [0.2, 0.25) is 0 Å². The summed E-state index contributed by atoms with van der Waals surface area (Å²) >= 11 is 0. The molecule has 0 aliphatic carbocycles. The quantitative estimate of drug-likeness (QED) is 0.419. The van der Waals surface area contributed by atoms with E-state index in [1.165, 1.54) is 26.4 Å². The Morgan fingerprint density at radius 1 is 1.05 bits per heavy atom. The zero-order chi connectivity index (χ0) is 27.6. The molecule has 0 amide bonds. The lowest BCUT2D eigenvalue weighted by Gasteiger charge is -2.28. The molecule has 2 heterocycles. The molecule has 0 saturated carbocycles. The molecule has 2 aromatic carbocycles. The van der Waals surface area contributed by atoms with Crippen molar-refractivity contribution in [3.8, 4) is 11.5 Å². The van der Waals surface area contributed by atoms with Crippen LogP contribution < -0.4 is 20.1 Å². The maximum atomic E-state index is 13.4. The van der Waals surface area contributed by atoms with Crippen molar-refractivity contribution in [1.29, 1.82) is 0 Å². The summed E-state index contributed by atoms with van der Waals surface area (Å²) in [5, 5.41) is 15.0. The van der Waals surface area contributed by atoms with Crippen LogP contribution in [0.15, 0.2) is 48.7 Å². The van der Waals surface area contributed by atoms with E-state index in [9.17, 15) is 18.3 Å². The summed E-state index contributed by atoms with van der Waals surface area (Å²) in [7, 11) is 6.48. The van der Waals surface area contributed by atoms with Gasteiger partial charge in [0.15, 0.2) is 6.10 Å². The molecule has 0 bridgehead atoms. The smallest absolute Gasteiger partial charge is 0.418 e. The van der Waals surface area contributed by atoms with E-state index in [-0.39, 0.29) is 11.5 Å². The highest BCUT2D eigenvalue weighted by molar-refractivity contribution is 5.86. The molecule has 4 rings (SSSR count). The van der Waals surface area contributed by atoms with E-state index in [1.54, 1.807) is 0 Å². The van der Waals surface area contributed by atoms with Crippen LogP contribution in [0.3, 0.4) is 0 Å². The number of aliphatic hydroxyl groups excluding tert-OH is 1. The highest BCUT2D eigenvalue weighted by Gasteiger charge is 2.43. The first-order chi connectivity index (χ1) is 18.1. The van der Waals surface area contributed by atoms with Crippen LogP contribution >= 0.6 is 0 Å². The van der Waals surface area contributed by atoms with Crippen molar-refractivity contribution in [3.63, 3.8) is 0 Å². The topological polar surface area (TPSA) is 87.3 Å². The molecule has 204 valence electrons. The highest BCUT2D eigenvalue weighted by atomic mass is 19.4. The largest absolute Gasteiger partial charge is 0.496 e. The number of aliphatic hydroxyl groups is 1. The van der Waals surface area contributed by atoms with Gasteiger partial charge in [0.25, 0.3) is 0 Å². The first-order valence-electron chi connectivity index (χ1n) is 12.1. The van der Waals surface area contributed by atoms with E-state index in [2.05, 4.69) is 5.01 Å². The second kappa shape index (κ2) is 11.1. The molecule has 38 heavy (non-hydrogen) atoms. The molecule has 0 saturated heterocycles. The first kappa shape index (κ1) is 27.5. The molecule has 1 aliphatic heterocycles. The number of pyridine rings is 1. The number of hydrogen-bond donors (Lipinski definition) is 2. The Morgan fingerprint density at radius 3 is 2.26 bits per heavy atom. The molecule has 1 aliphatic rings. The zero-order valence-corrected chi connectivity index (χ0v) is 21.8. The van der Waals surface area contributed by atoms with E-state index in [1.807, 2.05) is 60.5 Å². The lowest BCUT2D eigenvalue weighted by Crippen LogP contribution is -2.27. The Balaban J connectivity index is 1.80. The fraction of sp³-hybridized carbons (Fsp3) is 0.370. The fourth-order valence-corrected chi connectivity index (χ4v) is 4.49. The molecule has 3 N–H and O–H groups in total. The van der Waals surface area contributed by atoms with Crippen molar-refractivity contribution < 1.29 is 27.8 Å². The number of likely N-dealkylation sites (N-methyl/N-ethyl adjacent to an activating group) is 1. The van der Waals surface area contributed by atoms with Crippen molar-refractivity contribution in [3.05, 3.63) is 59.9 Å². The molecule has 0 spiro atoms. The Hall–Kier alpha value is -3.54. The Labute approximate surface area is 219 Å². The van der Waals surface area contributed by atoms with Gasteiger partial charge >= 0.3 is 6.18 Å². The molecular formula is C27H32F3N5O3. The molecule has 1 atom stereocenters. The van der Waals surface area contributed by atoms with Gasteiger partial charge in [-0.1, -0.05) is 12.1 Å². The van der Waals surface area contributed by atoms with Gasteiger partial charge in [-0.15, -0.1) is 0 Å². The zero-order valence-electron chi connectivity index (χ0n) is 21.8. The number of hydrazine groups is 1. The summed E-state index contributed by atoms with van der Waals surface area (Å²) in [6.07, 6.45) is -4.98. The molecule has 11 heteroatoms. The summed E-state index contributed by atoms with van der Waals surface area (Å²) in [6.45, 7) is 1.64. The van der Waals surface area contributed by atoms with Crippen LogP contribution in [0.4, 0.5) is 24.5 Å². The van der Waals surface area contributed by atoms with Crippen molar-refractivity contribution >= 4 is 27.9 Å². The Bertz CT molecular complexity index is 1310. The fourth-order valence-electron chi connectivity index (χ4n) is 4.49. The van der Waals surface area contributed by atoms with Gasteiger partial charge in [-0.3, -0.25) is 0 Å². The predicted molar refractivity (Wildman–Crippen MR) is 141 cm³/mol. The number of nitrogens with two attached hydrogens (primary N) is 1. The number of benzene rings is 2. The third-order valence-corrected chi connectivity index (χ3v) is 6.61. The van der Waals surface area contributed by atoms with E-state index in [0.717, 1.165) is 34.4 Å². The Kier molecular flexibility index (Phi) is 8.00. The number of methoxy groups -OCH3 is 2. The average Bonchev–Trinajstić information content (AvgIpc) is 3.24. The van der Waals surface area contributed by atoms with E-state index >= 15 is 0 Å². The molecule has 0 fully saturated rings. The minimum Gasteiger partial charge on any atom is -0.496 e. The number of rotatable bonds is 9. The molecular weight excluding hydrogens is 499 g/mol. The summed E-state index contributed by atoms with van der Waals surface area (Å²) in [5.41, 5.74) is 9.37. The second-order valence-electron chi connectivity index (χ2n) is 9.12. The van der Waals surface area contributed by atoms with Gasteiger partial charge in [0.05, 0.1) is 31.0 Å². The van der Waals surface area contributed by atoms with Crippen LogP contribution in [0.2, 0.25) is 0 Å².